The number of rotatable bonds is 2. The van der Waals surface area contributed by atoms with Crippen LogP contribution in [-0.4, -0.2) is 4.98 Å². The van der Waals surface area contributed by atoms with Crippen molar-refractivity contribution in [2.45, 2.75) is 27.2 Å². The maximum absolute atomic E-state index is 13.2. The highest BCUT2D eigenvalue weighted by molar-refractivity contribution is 5.55. The molecule has 0 N–H and O–H groups in total. The Balaban J connectivity index is 2.49. The molecular weight excluding hydrogens is 205 g/mol. The van der Waals surface area contributed by atoms with Gasteiger partial charge in [0, 0.05) is 5.56 Å². The number of nitrogens with zero attached hydrogens (tertiary/aromatic N) is 1. The number of aromatic nitrogens is 1. The van der Waals surface area contributed by atoms with Gasteiger partial charge in [-0.15, -0.1) is 0 Å². The molecule has 0 aliphatic rings. The van der Waals surface area contributed by atoms with Gasteiger partial charge in [-0.25, -0.2) is 9.37 Å². The van der Waals surface area contributed by atoms with Crippen LogP contribution < -0.4 is 0 Å². The molecular formula is C13H14FNO. The first kappa shape index (κ1) is 10.9. The molecule has 2 nitrogen and oxygen atoms in total. The zero-order valence-electron chi connectivity index (χ0n) is 9.67. The summed E-state index contributed by atoms with van der Waals surface area (Å²) in [6.45, 7) is 5.75. The average Bonchev–Trinajstić information content (AvgIpc) is 2.58. The maximum Gasteiger partial charge on any atom is 0.226 e. The van der Waals surface area contributed by atoms with Crippen LogP contribution in [0.3, 0.4) is 0 Å². The largest absolute Gasteiger partial charge is 0.441 e. The Morgan fingerprint density at radius 2 is 2.00 bits per heavy atom. The molecule has 0 atom stereocenters. The van der Waals surface area contributed by atoms with Crippen LogP contribution >= 0.6 is 0 Å². The van der Waals surface area contributed by atoms with E-state index in [1.165, 1.54) is 12.1 Å². The third-order valence-electron chi connectivity index (χ3n) is 2.52. The lowest BCUT2D eigenvalue weighted by atomic mass is 10.1. The summed E-state index contributed by atoms with van der Waals surface area (Å²) in [5.41, 5.74) is 2.49. The van der Waals surface area contributed by atoms with E-state index in [-0.39, 0.29) is 5.82 Å². The first-order chi connectivity index (χ1) is 7.60. The van der Waals surface area contributed by atoms with Gasteiger partial charge in [0.2, 0.25) is 5.89 Å². The van der Waals surface area contributed by atoms with Crippen LogP contribution in [0.2, 0.25) is 0 Å². The van der Waals surface area contributed by atoms with Gasteiger partial charge >= 0.3 is 0 Å². The molecule has 0 spiro atoms. The summed E-state index contributed by atoms with van der Waals surface area (Å²) in [7, 11) is 0. The fourth-order valence-electron chi connectivity index (χ4n) is 1.74. The van der Waals surface area contributed by atoms with Crippen LogP contribution in [0.5, 0.6) is 0 Å². The van der Waals surface area contributed by atoms with E-state index in [2.05, 4.69) is 4.98 Å². The molecule has 1 aromatic heterocycles. The minimum absolute atomic E-state index is 0.260. The van der Waals surface area contributed by atoms with E-state index < -0.39 is 0 Å². The maximum atomic E-state index is 13.2. The summed E-state index contributed by atoms with van der Waals surface area (Å²) in [6, 6.07) is 4.80. The number of halogens is 1. The molecule has 0 amide bonds. The van der Waals surface area contributed by atoms with Crippen molar-refractivity contribution in [2.75, 3.05) is 0 Å². The van der Waals surface area contributed by atoms with E-state index >= 15 is 0 Å². The second-order valence-corrected chi connectivity index (χ2v) is 3.89. The summed E-state index contributed by atoms with van der Waals surface area (Å²) in [5.74, 6) is 1.04. The van der Waals surface area contributed by atoms with E-state index in [9.17, 15) is 4.39 Å². The van der Waals surface area contributed by atoms with Gasteiger partial charge in [-0.2, -0.15) is 0 Å². The molecule has 1 heterocycles. The van der Waals surface area contributed by atoms with Gasteiger partial charge < -0.3 is 4.42 Å². The Kier molecular flexibility index (Phi) is 2.77. The van der Waals surface area contributed by atoms with Crippen molar-refractivity contribution in [3.05, 3.63) is 41.0 Å². The summed E-state index contributed by atoms with van der Waals surface area (Å²) >= 11 is 0. The van der Waals surface area contributed by atoms with E-state index in [0.29, 0.717) is 11.5 Å². The van der Waals surface area contributed by atoms with Gasteiger partial charge in [-0.05, 0) is 44.0 Å². The second kappa shape index (κ2) is 4.08. The summed E-state index contributed by atoms with van der Waals surface area (Å²) in [4.78, 5) is 4.35. The van der Waals surface area contributed by atoms with Crippen LogP contribution in [0.15, 0.2) is 22.6 Å². The number of oxazole rings is 1. The molecule has 0 saturated heterocycles. The number of hydrogen-bond donors (Lipinski definition) is 0. The predicted molar refractivity (Wildman–Crippen MR) is 60.7 cm³/mol. The standard InChI is InChI=1S/C13H14FNO/c1-4-12-9(3)16-13(15-12)10-5-8(2)6-11(14)7-10/h5-7H,4H2,1-3H3. The molecule has 2 aromatic rings. The molecule has 0 fully saturated rings. The van der Waals surface area contributed by atoms with E-state index in [1.807, 2.05) is 26.8 Å². The molecule has 3 heteroatoms. The first-order valence-corrected chi connectivity index (χ1v) is 5.34. The topological polar surface area (TPSA) is 26.0 Å². The highest BCUT2D eigenvalue weighted by Crippen LogP contribution is 2.23. The molecule has 0 aliphatic heterocycles. The van der Waals surface area contributed by atoms with E-state index in [4.69, 9.17) is 4.42 Å². The molecule has 2 rings (SSSR count). The van der Waals surface area contributed by atoms with Crippen molar-refractivity contribution in [2.24, 2.45) is 0 Å². The highest BCUT2D eigenvalue weighted by atomic mass is 19.1. The Morgan fingerprint density at radius 3 is 2.56 bits per heavy atom. The average molecular weight is 219 g/mol. The number of benzene rings is 1. The van der Waals surface area contributed by atoms with Gasteiger partial charge in [0.25, 0.3) is 0 Å². The predicted octanol–water partition coefficient (Wildman–Crippen LogP) is 3.66. The van der Waals surface area contributed by atoms with Crippen molar-refractivity contribution in [3.8, 4) is 11.5 Å². The van der Waals surface area contributed by atoms with Crippen LogP contribution in [-0.2, 0) is 6.42 Å². The molecule has 0 unspecified atom stereocenters. The minimum Gasteiger partial charge on any atom is -0.441 e. The van der Waals surface area contributed by atoms with Gasteiger partial charge in [0.05, 0.1) is 5.69 Å². The smallest absolute Gasteiger partial charge is 0.226 e. The highest BCUT2D eigenvalue weighted by Gasteiger charge is 2.10. The van der Waals surface area contributed by atoms with Gasteiger partial charge in [-0.3, -0.25) is 0 Å². The summed E-state index contributed by atoms with van der Waals surface area (Å²) < 4.78 is 18.8. The van der Waals surface area contributed by atoms with Crippen molar-refractivity contribution in [1.82, 2.24) is 4.98 Å². The lowest BCUT2D eigenvalue weighted by Gasteiger charge is -1.98. The lowest BCUT2D eigenvalue weighted by molar-refractivity contribution is 0.538. The zero-order valence-corrected chi connectivity index (χ0v) is 9.67. The second-order valence-electron chi connectivity index (χ2n) is 3.89. The zero-order chi connectivity index (χ0) is 11.7. The Hall–Kier alpha value is -1.64. The third kappa shape index (κ3) is 1.98. The molecule has 0 radical (unpaired) electrons. The monoisotopic (exact) mass is 219 g/mol. The van der Waals surface area contributed by atoms with Crippen molar-refractivity contribution >= 4 is 0 Å². The fraction of sp³-hybridized carbons (Fsp3) is 0.308. The van der Waals surface area contributed by atoms with Crippen molar-refractivity contribution in [3.63, 3.8) is 0 Å². The normalized spacial score (nSPS) is 10.8. The quantitative estimate of drug-likeness (QED) is 0.770. The first-order valence-electron chi connectivity index (χ1n) is 5.34. The molecule has 0 aliphatic carbocycles. The minimum atomic E-state index is -0.260. The number of aryl methyl sites for hydroxylation is 3. The fourth-order valence-corrected chi connectivity index (χ4v) is 1.74. The van der Waals surface area contributed by atoms with Crippen LogP contribution in [0, 0.1) is 19.7 Å². The molecule has 0 bridgehead atoms. The Bertz CT molecular complexity index is 496. The van der Waals surface area contributed by atoms with Gasteiger partial charge in [-0.1, -0.05) is 6.92 Å². The Morgan fingerprint density at radius 1 is 1.25 bits per heavy atom. The SMILES string of the molecule is CCc1nc(-c2cc(C)cc(F)c2)oc1C. The van der Waals surface area contributed by atoms with Crippen LogP contribution in [0.1, 0.15) is 23.9 Å². The van der Waals surface area contributed by atoms with Crippen LogP contribution in [0.25, 0.3) is 11.5 Å². The van der Waals surface area contributed by atoms with Crippen molar-refractivity contribution in [1.29, 1.82) is 0 Å². The third-order valence-corrected chi connectivity index (χ3v) is 2.52. The molecule has 1 aromatic carbocycles. The lowest BCUT2D eigenvalue weighted by Crippen LogP contribution is -1.85. The molecule has 16 heavy (non-hydrogen) atoms. The van der Waals surface area contributed by atoms with Crippen molar-refractivity contribution < 1.29 is 8.81 Å². The number of hydrogen-bond acceptors (Lipinski definition) is 2. The molecule has 0 saturated carbocycles. The van der Waals surface area contributed by atoms with E-state index in [1.54, 1.807) is 0 Å². The Labute approximate surface area is 94.1 Å². The van der Waals surface area contributed by atoms with E-state index in [0.717, 1.165) is 23.4 Å². The summed E-state index contributed by atoms with van der Waals surface area (Å²) in [6.07, 6.45) is 0.823. The van der Waals surface area contributed by atoms with Crippen LogP contribution in [0.4, 0.5) is 4.39 Å². The molecule has 84 valence electrons. The van der Waals surface area contributed by atoms with Gasteiger partial charge in [0.15, 0.2) is 0 Å². The van der Waals surface area contributed by atoms with Gasteiger partial charge in [0.1, 0.15) is 11.6 Å². The summed E-state index contributed by atoms with van der Waals surface area (Å²) in [5, 5.41) is 0.